The van der Waals surface area contributed by atoms with Gasteiger partial charge in [0.15, 0.2) is 0 Å². The van der Waals surface area contributed by atoms with Crippen molar-refractivity contribution in [3.63, 3.8) is 0 Å². The first kappa shape index (κ1) is 15.0. The van der Waals surface area contributed by atoms with Crippen molar-refractivity contribution in [3.05, 3.63) is 28.2 Å². The van der Waals surface area contributed by atoms with Gasteiger partial charge in [-0.15, -0.1) is 0 Å². The Labute approximate surface area is 116 Å². The summed E-state index contributed by atoms with van der Waals surface area (Å²) in [5.41, 5.74) is 6.44. The lowest BCUT2D eigenvalue weighted by molar-refractivity contribution is 0.0886. The van der Waals surface area contributed by atoms with Crippen molar-refractivity contribution in [2.45, 2.75) is 32.2 Å². The van der Waals surface area contributed by atoms with Gasteiger partial charge in [-0.2, -0.15) is 0 Å². The Balaban J connectivity index is 2.84. The molecule has 4 nitrogen and oxygen atoms in total. The van der Waals surface area contributed by atoms with Gasteiger partial charge in [-0.05, 0) is 53.9 Å². The van der Waals surface area contributed by atoms with Crippen LogP contribution >= 0.6 is 15.9 Å². The van der Waals surface area contributed by atoms with Gasteiger partial charge >= 0.3 is 0 Å². The molecular weight excluding hydrogens is 296 g/mol. The number of nitrogens with one attached hydrogen (secondary N) is 1. The van der Waals surface area contributed by atoms with E-state index in [1.54, 1.807) is 18.2 Å². The highest BCUT2D eigenvalue weighted by atomic mass is 79.9. The number of nitrogens with two attached hydrogens (primary N) is 1. The van der Waals surface area contributed by atoms with Crippen molar-refractivity contribution in [2.75, 3.05) is 12.3 Å². The highest BCUT2D eigenvalue weighted by molar-refractivity contribution is 9.10. The molecule has 1 amide bonds. The molecule has 0 fully saturated rings. The van der Waals surface area contributed by atoms with Crippen LogP contribution in [0.5, 0.6) is 0 Å². The second-order valence-corrected chi connectivity index (χ2v) is 5.43. The minimum atomic E-state index is -0.389. The Morgan fingerprint density at radius 2 is 2.22 bits per heavy atom. The molecule has 0 heterocycles. The third kappa shape index (κ3) is 3.71. The van der Waals surface area contributed by atoms with Crippen LogP contribution in [0.1, 0.15) is 37.0 Å². The molecule has 1 aromatic rings. The summed E-state index contributed by atoms with van der Waals surface area (Å²) in [7, 11) is 0. The van der Waals surface area contributed by atoms with Gasteiger partial charge in [0.25, 0.3) is 5.91 Å². The highest BCUT2D eigenvalue weighted by Crippen LogP contribution is 2.21. The first-order valence-corrected chi connectivity index (χ1v) is 6.69. The summed E-state index contributed by atoms with van der Waals surface area (Å²) in [5, 5.41) is 12.0. The molecule has 1 rings (SSSR count). The van der Waals surface area contributed by atoms with Crippen LogP contribution in [-0.4, -0.2) is 23.2 Å². The number of anilines is 1. The largest absolute Gasteiger partial charge is 0.398 e. The van der Waals surface area contributed by atoms with Gasteiger partial charge in [0.2, 0.25) is 0 Å². The minimum absolute atomic E-state index is 0.0516. The van der Waals surface area contributed by atoms with Crippen LogP contribution in [0.3, 0.4) is 0 Å². The van der Waals surface area contributed by atoms with Crippen LogP contribution in [-0.2, 0) is 0 Å². The second kappa shape index (κ2) is 6.20. The normalized spacial score (nSPS) is 14.0. The summed E-state index contributed by atoms with van der Waals surface area (Å²) >= 11 is 3.30. The zero-order chi connectivity index (χ0) is 13.8. The Bertz CT molecular complexity index is 437. The second-order valence-electron chi connectivity index (χ2n) is 4.58. The highest BCUT2D eigenvalue weighted by Gasteiger charge is 2.24. The molecule has 18 heavy (non-hydrogen) atoms. The van der Waals surface area contributed by atoms with Gasteiger partial charge in [-0.25, -0.2) is 0 Å². The van der Waals surface area contributed by atoms with Crippen molar-refractivity contribution in [3.8, 4) is 0 Å². The average Bonchev–Trinajstić information content (AvgIpc) is 2.32. The predicted molar refractivity (Wildman–Crippen MR) is 76.4 cm³/mol. The number of carbonyl (C=O) groups is 1. The van der Waals surface area contributed by atoms with Crippen molar-refractivity contribution in [2.24, 2.45) is 0 Å². The quantitative estimate of drug-likeness (QED) is 0.730. The lowest BCUT2D eigenvalue weighted by Gasteiger charge is -2.29. The van der Waals surface area contributed by atoms with E-state index in [-0.39, 0.29) is 18.1 Å². The van der Waals surface area contributed by atoms with E-state index < -0.39 is 0 Å². The standard InChI is InChI=1S/C13H19BrN2O2/c1-3-13(2,6-7-17)16-12(18)9-4-5-11(15)10(14)8-9/h4-5,8,17H,3,6-7,15H2,1-2H3,(H,16,18). The third-order valence-electron chi connectivity index (χ3n) is 3.12. The number of benzene rings is 1. The van der Waals surface area contributed by atoms with Crippen LogP contribution < -0.4 is 11.1 Å². The van der Waals surface area contributed by atoms with Gasteiger partial charge < -0.3 is 16.2 Å². The molecule has 0 saturated heterocycles. The predicted octanol–water partition coefficient (Wildman–Crippen LogP) is 2.31. The average molecular weight is 315 g/mol. The molecule has 1 unspecified atom stereocenters. The lowest BCUT2D eigenvalue weighted by atomic mass is 9.94. The maximum absolute atomic E-state index is 12.1. The fourth-order valence-electron chi connectivity index (χ4n) is 1.59. The van der Waals surface area contributed by atoms with E-state index in [0.29, 0.717) is 22.1 Å². The zero-order valence-corrected chi connectivity index (χ0v) is 12.3. The van der Waals surface area contributed by atoms with Gasteiger partial charge in [-0.3, -0.25) is 4.79 Å². The SMILES string of the molecule is CCC(C)(CCO)NC(=O)c1ccc(N)c(Br)c1. The number of halogens is 1. The summed E-state index contributed by atoms with van der Waals surface area (Å²) in [5.74, 6) is -0.159. The van der Waals surface area contributed by atoms with Gasteiger partial charge in [0.1, 0.15) is 0 Å². The molecule has 4 N–H and O–H groups in total. The molecular formula is C13H19BrN2O2. The molecule has 100 valence electrons. The van der Waals surface area contributed by atoms with Crippen LogP contribution in [0.15, 0.2) is 22.7 Å². The first-order chi connectivity index (χ1) is 8.41. The number of carbonyl (C=O) groups excluding carboxylic acids is 1. The third-order valence-corrected chi connectivity index (χ3v) is 3.81. The number of hydrogen-bond acceptors (Lipinski definition) is 3. The molecule has 0 saturated carbocycles. The number of amides is 1. The number of hydrogen-bond donors (Lipinski definition) is 3. The molecule has 0 aliphatic rings. The Morgan fingerprint density at radius 3 is 2.72 bits per heavy atom. The van der Waals surface area contributed by atoms with Crippen molar-refractivity contribution < 1.29 is 9.90 Å². The van der Waals surface area contributed by atoms with Crippen molar-refractivity contribution >= 4 is 27.5 Å². The van der Waals surface area contributed by atoms with E-state index in [9.17, 15) is 4.79 Å². The van der Waals surface area contributed by atoms with Crippen LogP contribution in [0, 0.1) is 0 Å². The van der Waals surface area contributed by atoms with E-state index in [0.717, 1.165) is 6.42 Å². The van der Waals surface area contributed by atoms with E-state index >= 15 is 0 Å². The maximum Gasteiger partial charge on any atom is 0.251 e. The fraction of sp³-hybridized carbons (Fsp3) is 0.462. The van der Waals surface area contributed by atoms with Crippen LogP contribution in [0.2, 0.25) is 0 Å². The van der Waals surface area contributed by atoms with Gasteiger partial charge in [-0.1, -0.05) is 6.92 Å². The Morgan fingerprint density at radius 1 is 1.56 bits per heavy atom. The molecule has 0 aromatic heterocycles. The number of rotatable bonds is 5. The molecule has 0 radical (unpaired) electrons. The smallest absolute Gasteiger partial charge is 0.251 e. The van der Waals surface area contributed by atoms with Crippen LogP contribution in [0.4, 0.5) is 5.69 Å². The molecule has 0 aliphatic carbocycles. The van der Waals surface area contributed by atoms with E-state index in [1.807, 2.05) is 13.8 Å². The summed E-state index contributed by atoms with van der Waals surface area (Å²) < 4.78 is 0.704. The summed E-state index contributed by atoms with van der Waals surface area (Å²) in [6, 6.07) is 5.07. The monoisotopic (exact) mass is 314 g/mol. The Kier molecular flexibility index (Phi) is 5.16. The van der Waals surface area contributed by atoms with E-state index in [4.69, 9.17) is 10.8 Å². The minimum Gasteiger partial charge on any atom is -0.398 e. The summed E-state index contributed by atoms with van der Waals surface area (Å²) in [6.45, 7) is 3.96. The first-order valence-electron chi connectivity index (χ1n) is 5.90. The molecule has 0 bridgehead atoms. The fourth-order valence-corrected chi connectivity index (χ4v) is 1.97. The summed E-state index contributed by atoms with van der Waals surface area (Å²) in [4.78, 5) is 12.1. The zero-order valence-electron chi connectivity index (χ0n) is 10.7. The van der Waals surface area contributed by atoms with Crippen LogP contribution in [0.25, 0.3) is 0 Å². The van der Waals surface area contributed by atoms with E-state index in [1.165, 1.54) is 0 Å². The molecule has 5 heteroatoms. The summed E-state index contributed by atoms with van der Waals surface area (Å²) in [6.07, 6.45) is 1.29. The number of nitrogen functional groups attached to an aromatic ring is 1. The van der Waals surface area contributed by atoms with E-state index in [2.05, 4.69) is 21.2 Å². The van der Waals surface area contributed by atoms with Gasteiger partial charge in [0, 0.05) is 27.9 Å². The Hall–Kier alpha value is -1.07. The lowest BCUT2D eigenvalue weighted by Crippen LogP contribution is -2.46. The number of aliphatic hydroxyl groups excluding tert-OH is 1. The molecule has 1 aromatic carbocycles. The molecule has 0 spiro atoms. The van der Waals surface area contributed by atoms with Crippen molar-refractivity contribution in [1.29, 1.82) is 0 Å². The molecule has 0 aliphatic heterocycles. The molecule has 1 atom stereocenters. The maximum atomic E-state index is 12.1. The van der Waals surface area contributed by atoms with Crippen molar-refractivity contribution in [1.82, 2.24) is 5.32 Å². The van der Waals surface area contributed by atoms with Gasteiger partial charge in [0.05, 0.1) is 0 Å². The topological polar surface area (TPSA) is 75.3 Å². The number of aliphatic hydroxyl groups is 1.